The fraction of sp³-hybridized carbons (Fsp3) is 0. The highest BCUT2D eigenvalue weighted by Gasteiger charge is 2.36. The summed E-state index contributed by atoms with van der Waals surface area (Å²) in [7, 11) is -10.4. The SMILES string of the molecule is O=P(O)(O)OP(=O)(O)O[P](=O)(O)[AlH]. The first-order chi connectivity index (χ1) is 5.41. The van der Waals surface area contributed by atoms with Gasteiger partial charge in [0.1, 0.15) is 0 Å². The average Bonchev–Trinajstić information content (AvgIpc) is 1.43. The molecule has 0 aromatic rings. The van der Waals surface area contributed by atoms with Gasteiger partial charge in [0.2, 0.25) is 6.24 Å². The van der Waals surface area contributed by atoms with Gasteiger partial charge in [0.05, 0.1) is 0 Å². The first-order valence-corrected chi connectivity index (χ1v) is 9.08. The molecule has 0 saturated carbocycles. The van der Waals surface area contributed by atoms with Crippen molar-refractivity contribution in [2.24, 2.45) is 0 Å². The molecule has 0 saturated heterocycles. The van der Waals surface area contributed by atoms with E-state index < -0.39 is 21.9 Å². The molecule has 13 heavy (non-hydrogen) atoms. The lowest BCUT2D eigenvalue weighted by Gasteiger charge is -2.14. The Bertz CT molecular complexity index is 277. The molecule has 0 aromatic heterocycles. The van der Waals surface area contributed by atoms with Crippen LogP contribution in [0.15, 0.2) is 0 Å². The average molecular weight is 269 g/mol. The van der Waals surface area contributed by atoms with Gasteiger partial charge in [-0.05, 0) is 0 Å². The van der Waals surface area contributed by atoms with Crippen LogP contribution in [-0.2, 0) is 22.3 Å². The second kappa shape index (κ2) is 4.23. The predicted octanol–water partition coefficient (Wildman–Crippen LogP) is -0.786. The third-order valence-corrected chi connectivity index (χ3v) is 5.00. The molecule has 77 valence electrons. The first kappa shape index (κ1) is 14.0. The summed E-state index contributed by atoms with van der Waals surface area (Å²) in [6.45, 7) is 0. The Labute approximate surface area is 80.1 Å². The Morgan fingerprint density at radius 1 is 0.923 bits per heavy atom. The van der Waals surface area contributed by atoms with E-state index in [9.17, 15) is 13.7 Å². The molecule has 0 fully saturated rings. The van der Waals surface area contributed by atoms with Crippen LogP contribution in [0.25, 0.3) is 0 Å². The van der Waals surface area contributed by atoms with E-state index in [1.54, 1.807) is 0 Å². The van der Waals surface area contributed by atoms with E-state index in [2.05, 4.69) is 8.62 Å². The molecule has 1 radical (unpaired) electrons. The summed E-state index contributed by atoms with van der Waals surface area (Å²) in [4.78, 5) is 33.0. The van der Waals surface area contributed by atoms with Crippen molar-refractivity contribution in [2.75, 3.05) is 0 Å². The van der Waals surface area contributed by atoms with E-state index in [-0.39, 0.29) is 0 Å². The highest BCUT2D eigenvalue weighted by Crippen LogP contribution is 2.64. The molecule has 13 heteroatoms. The Hall–Kier alpha value is 0.982. The van der Waals surface area contributed by atoms with Gasteiger partial charge in [-0.3, -0.25) is 4.57 Å². The molecule has 0 aromatic carbocycles. The molecule has 0 heterocycles. The van der Waals surface area contributed by atoms with Gasteiger partial charge in [0, 0.05) is 0 Å². The largest absolute Gasteiger partial charge is 0.487 e. The molecule has 0 aliphatic heterocycles. The molecule has 0 bridgehead atoms. The van der Waals surface area contributed by atoms with Crippen LogP contribution in [0.1, 0.15) is 0 Å². The minimum atomic E-state index is -5.24. The van der Waals surface area contributed by atoms with Gasteiger partial charge in [0.15, 0.2) is 0 Å². The lowest BCUT2D eigenvalue weighted by atomic mass is 15.7. The Balaban J connectivity index is 4.54. The molecular weight excluding hydrogens is 264 g/mol. The third-order valence-electron chi connectivity index (χ3n) is 0.440. The topological polar surface area (TPSA) is 151 Å². The number of hydrogen-bond acceptors (Lipinski definition) is 5. The monoisotopic (exact) mass is 269 g/mol. The van der Waals surface area contributed by atoms with Crippen LogP contribution in [0.2, 0.25) is 0 Å². The van der Waals surface area contributed by atoms with Gasteiger partial charge in [-0.15, -0.1) is 0 Å². The van der Waals surface area contributed by atoms with Gasteiger partial charge < -0.3 is 19.6 Å². The molecule has 2 unspecified atom stereocenters. The maximum atomic E-state index is 10.5. The van der Waals surface area contributed by atoms with Crippen molar-refractivity contribution in [3.05, 3.63) is 0 Å². The predicted molar refractivity (Wildman–Crippen MR) is 41.0 cm³/mol. The third kappa shape index (κ3) is 9.29. The van der Waals surface area contributed by atoms with Crippen LogP contribution in [-0.4, -0.2) is 35.4 Å². The summed E-state index contributed by atoms with van der Waals surface area (Å²) >= 11 is 0.348. The zero-order valence-electron chi connectivity index (χ0n) is 5.88. The van der Waals surface area contributed by atoms with Crippen molar-refractivity contribution in [1.29, 1.82) is 0 Å². The number of rotatable bonds is 4. The summed E-state index contributed by atoms with van der Waals surface area (Å²) < 4.78 is 37.7. The van der Waals surface area contributed by atoms with Gasteiger partial charge >= 0.3 is 31.5 Å². The number of hydrogen-bond donors (Lipinski definition) is 4. The molecule has 2 atom stereocenters. The summed E-state index contributed by atoms with van der Waals surface area (Å²) in [5, 5.41) is 0. The highest BCUT2D eigenvalue weighted by molar-refractivity contribution is 7.83. The van der Waals surface area contributed by atoms with E-state index in [0.717, 1.165) is 0 Å². The van der Waals surface area contributed by atoms with E-state index >= 15 is 0 Å². The van der Waals surface area contributed by atoms with E-state index in [1.807, 2.05) is 0 Å². The van der Waals surface area contributed by atoms with Crippen LogP contribution in [0.5, 0.6) is 0 Å². The van der Waals surface area contributed by atoms with Crippen molar-refractivity contribution in [3.63, 3.8) is 0 Å². The molecule has 0 rings (SSSR count). The fourth-order valence-electron chi connectivity index (χ4n) is 0.311. The lowest BCUT2D eigenvalue weighted by molar-refractivity contribution is 0.225. The minimum absolute atomic E-state index is 0.348. The summed E-state index contributed by atoms with van der Waals surface area (Å²) in [5.41, 5.74) is 0. The van der Waals surface area contributed by atoms with Crippen LogP contribution in [0.4, 0.5) is 0 Å². The zero-order chi connectivity index (χ0) is 10.9. The van der Waals surface area contributed by atoms with Crippen LogP contribution >= 0.6 is 21.9 Å². The quantitative estimate of drug-likeness (QED) is 0.380. The Morgan fingerprint density at radius 2 is 1.31 bits per heavy atom. The second-order valence-electron chi connectivity index (χ2n) is 1.76. The minimum Gasteiger partial charge on any atom is -0.340 e. The normalized spacial score (nSPS) is 21.8. The van der Waals surface area contributed by atoms with Crippen molar-refractivity contribution < 1.29 is 41.9 Å². The zero-order valence-corrected chi connectivity index (χ0v) is 9.98. The van der Waals surface area contributed by atoms with Crippen molar-refractivity contribution in [2.45, 2.75) is 0 Å². The fourth-order valence-corrected chi connectivity index (χ4v) is 4.38. The maximum Gasteiger partial charge on any atom is 0.487 e. The smallest absolute Gasteiger partial charge is 0.340 e. The van der Waals surface area contributed by atoms with E-state index in [4.69, 9.17) is 19.6 Å². The summed E-state index contributed by atoms with van der Waals surface area (Å²) in [6.07, 6.45) is -4.33. The Kier molecular flexibility index (Phi) is 4.55. The van der Waals surface area contributed by atoms with Gasteiger partial charge in [0.25, 0.3) is 0 Å². The van der Waals surface area contributed by atoms with Gasteiger partial charge in [-0.1, -0.05) is 0 Å². The highest BCUT2D eigenvalue weighted by atomic mass is 31.4. The van der Waals surface area contributed by atoms with Crippen molar-refractivity contribution in [3.8, 4) is 0 Å². The van der Waals surface area contributed by atoms with Crippen LogP contribution in [0, 0.1) is 0 Å². The van der Waals surface area contributed by atoms with Gasteiger partial charge in [-0.25, -0.2) is 13.4 Å². The lowest BCUT2D eigenvalue weighted by Crippen LogP contribution is -1.92. The molecule has 0 aliphatic rings. The summed E-state index contributed by atoms with van der Waals surface area (Å²) in [6, 6.07) is 0. The van der Waals surface area contributed by atoms with Crippen molar-refractivity contribution >= 4 is 37.7 Å². The van der Waals surface area contributed by atoms with Crippen LogP contribution < -0.4 is 0 Å². The molecule has 0 spiro atoms. The molecule has 0 aliphatic carbocycles. The van der Waals surface area contributed by atoms with Gasteiger partial charge in [-0.2, -0.15) is 4.31 Å². The summed E-state index contributed by atoms with van der Waals surface area (Å²) in [5.74, 6) is 0. The second-order valence-corrected chi connectivity index (χ2v) is 8.66. The van der Waals surface area contributed by atoms with E-state index in [1.165, 1.54) is 0 Å². The standard InChI is InChI=1S/Al.H3O9P3.H/c;1-10(2)8-12(6,7)9-11(3,4)5;/h;(H3-,1,2,3,4,5,6,7);/q-1;;/p+1. The number of phosphoric acid groups is 2. The molecule has 4 N–H and O–H groups in total. The molecule has 0 amide bonds. The molecular formula is H5AlO9P3. The Morgan fingerprint density at radius 3 is 1.54 bits per heavy atom. The van der Waals surface area contributed by atoms with E-state index in [0.29, 0.717) is 15.8 Å². The van der Waals surface area contributed by atoms with Crippen LogP contribution in [0.3, 0.4) is 0 Å². The molecule has 9 nitrogen and oxygen atoms in total. The maximum absolute atomic E-state index is 10.5. The van der Waals surface area contributed by atoms with Crippen molar-refractivity contribution in [1.82, 2.24) is 0 Å². The first-order valence-electron chi connectivity index (χ1n) is 2.39.